The van der Waals surface area contributed by atoms with Crippen molar-refractivity contribution in [3.8, 4) is 0 Å². The Morgan fingerprint density at radius 2 is 2.25 bits per heavy atom. The summed E-state index contributed by atoms with van der Waals surface area (Å²) in [6.07, 6.45) is 4.04. The van der Waals surface area contributed by atoms with Gasteiger partial charge in [0.2, 0.25) is 0 Å². The number of aromatic nitrogens is 2. The van der Waals surface area contributed by atoms with Crippen LogP contribution in [-0.2, 0) is 11.3 Å². The van der Waals surface area contributed by atoms with E-state index in [0.717, 1.165) is 25.1 Å². The molecule has 0 radical (unpaired) electrons. The molecule has 0 aromatic carbocycles. The van der Waals surface area contributed by atoms with Crippen molar-refractivity contribution in [2.75, 3.05) is 11.9 Å². The number of anilines is 1. The van der Waals surface area contributed by atoms with Crippen molar-refractivity contribution in [2.45, 2.75) is 52.3 Å². The van der Waals surface area contributed by atoms with Gasteiger partial charge in [0.1, 0.15) is 4.47 Å². The summed E-state index contributed by atoms with van der Waals surface area (Å²) < 4.78 is 7.60. The lowest BCUT2D eigenvalue weighted by atomic mass is 9.89. The molecule has 1 aromatic heterocycles. The molecule has 1 aliphatic rings. The summed E-state index contributed by atoms with van der Waals surface area (Å²) in [7, 11) is 0. The van der Waals surface area contributed by atoms with Crippen molar-refractivity contribution in [1.29, 1.82) is 0 Å². The van der Waals surface area contributed by atoms with Gasteiger partial charge in [-0.2, -0.15) is 5.10 Å². The average Bonchev–Trinajstić information content (AvgIpc) is 2.35. The van der Waals surface area contributed by atoms with E-state index in [-0.39, 0.29) is 5.56 Å². The molecule has 0 aliphatic heterocycles. The number of ether oxygens (including phenoxy) is 1. The summed E-state index contributed by atoms with van der Waals surface area (Å²) >= 11 is 3.38. The zero-order valence-electron chi connectivity index (χ0n) is 12.2. The SMILES string of the molecule is CCOC1CC(Nc2cnn(CC(C)C)c(=O)c2Br)C1. The van der Waals surface area contributed by atoms with Crippen LogP contribution in [0.3, 0.4) is 0 Å². The maximum absolute atomic E-state index is 12.2. The topological polar surface area (TPSA) is 56.1 Å². The van der Waals surface area contributed by atoms with Crippen LogP contribution in [0.25, 0.3) is 0 Å². The van der Waals surface area contributed by atoms with Crippen LogP contribution in [0.15, 0.2) is 15.5 Å². The van der Waals surface area contributed by atoms with Gasteiger partial charge in [-0.1, -0.05) is 13.8 Å². The number of halogens is 1. The second kappa shape index (κ2) is 6.72. The molecule has 0 spiro atoms. The monoisotopic (exact) mass is 343 g/mol. The second-order valence-electron chi connectivity index (χ2n) is 5.64. The fourth-order valence-electron chi connectivity index (χ4n) is 2.32. The van der Waals surface area contributed by atoms with Crippen LogP contribution in [0, 0.1) is 5.92 Å². The molecule has 1 aliphatic carbocycles. The molecule has 5 nitrogen and oxygen atoms in total. The third-order valence-corrected chi connectivity index (χ3v) is 4.15. The summed E-state index contributed by atoms with van der Waals surface area (Å²) in [4.78, 5) is 12.2. The third kappa shape index (κ3) is 3.61. The van der Waals surface area contributed by atoms with Gasteiger partial charge in [0.15, 0.2) is 0 Å². The summed E-state index contributed by atoms with van der Waals surface area (Å²) in [5.41, 5.74) is 0.694. The summed E-state index contributed by atoms with van der Waals surface area (Å²) in [5, 5.41) is 7.58. The molecule has 0 saturated heterocycles. The first-order valence-electron chi connectivity index (χ1n) is 7.15. The van der Waals surface area contributed by atoms with Crippen LogP contribution in [0.1, 0.15) is 33.6 Å². The van der Waals surface area contributed by atoms with E-state index in [1.807, 2.05) is 6.92 Å². The van der Waals surface area contributed by atoms with Gasteiger partial charge in [0.25, 0.3) is 5.56 Å². The number of nitrogens with one attached hydrogen (secondary N) is 1. The Balaban J connectivity index is 2.00. The lowest BCUT2D eigenvalue weighted by Gasteiger charge is -2.36. The first kappa shape index (κ1) is 15.5. The first-order chi connectivity index (χ1) is 9.51. The Labute approximate surface area is 127 Å². The average molecular weight is 344 g/mol. The zero-order valence-corrected chi connectivity index (χ0v) is 13.8. The fraction of sp³-hybridized carbons (Fsp3) is 0.714. The normalized spacial score (nSPS) is 21.9. The first-order valence-corrected chi connectivity index (χ1v) is 7.94. The van der Waals surface area contributed by atoms with Crippen molar-refractivity contribution >= 4 is 21.6 Å². The van der Waals surface area contributed by atoms with Gasteiger partial charge < -0.3 is 10.1 Å². The molecule has 0 amide bonds. The second-order valence-corrected chi connectivity index (χ2v) is 6.44. The molecule has 1 aromatic rings. The maximum Gasteiger partial charge on any atom is 0.283 e. The molecule has 112 valence electrons. The highest BCUT2D eigenvalue weighted by Crippen LogP contribution is 2.28. The smallest absolute Gasteiger partial charge is 0.283 e. The molecule has 0 bridgehead atoms. The van der Waals surface area contributed by atoms with Crippen LogP contribution in [0.5, 0.6) is 0 Å². The molecule has 1 heterocycles. The number of hydrogen-bond donors (Lipinski definition) is 1. The largest absolute Gasteiger partial charge is 0.380 e. The highest BCUT2D eigenvalue weighted by Gasteiger charge is 2.30. The lowest BCUT2D eigenvalue weighted by Crippen LogP contribution is -2.41. The molecule has 0 unspecified atom stereocenters. The number of nitrogens with zero attached hydrogens (tertiary/aromatic N) is 2. The van der Waals surface area contributed by atoms with Crippen molar-refractivity contribution in [2.24, 2.45) is 5.92 Å². The van der Waals surface area contributed by atoms with Crippen molar-refractivity contribution < 1.29 is 4.74 Å². The van der Waals surface area contributed by atoms with Crippen molar-refractivity contribution in [3.05, 3.63) is 21.0 Å². The van der Waals surface area contributed by atoms with E-state index >= 15 is 0 Å². The Morgan fingerprint density at radius 1 is 1.55 bits per heavy atom. The van der Waals surface area contributed by atoms with E-state index in [1.165, 1.54) is 4.68 Å². The van der Waals surface area contributed by atoms with Gasteiger partial charge in [-0.25, -0.2) is 4.68 Å². The summed E-state index contributed by atoms with van der Waals surface area (Å²) in [6, 6.07) is 0.366. The number of hydrogen-bond acceptors (Lipinski definition) is 4. The third-order valence-electron chi connectivity index (χ3n) is 3.38. The molecule has 20 heavy (non-hydrogen) atoms. The van der Waals surface area contributed by atoms with E-state index < -0.39 is 0 Å². The van der Waals surface area contributed by atoms with E-state index in [0.29, 0.717) is 29.1 Å². The Bertz CT molecular complexity index is 510. The predicted molar refractivity (Wildman–Crippen MR) is 83.1 cm³/mol. The molecule has 1 saturated carbocycles. The van der Waals surface area contributed by atoms with Crippen molar-refractivity contribution in [1.82, 2.24) is 9.78 Å². The molecule has 1 fully saturated rings. The van der Waals surface area contributed by atoms with Gasteiger partial charge in [-0.05, 0) is 41.6 Å². The standard InChI is InChI=1S/C14H22BrN3O2/c1-4-20-11-5-10(6-11)17-12-7-16-18(8-9(2)3)14(19)13(12)15/h7,9-11,17H,4-6,8H2,1-3H3. The van der Waals surface area contributed by atoms with Gasteiger partial charge in [-0.3, -0.25) is 4.79 Å². The van der Waals surface area contributed by atoms with Crippen LogP contribution in [0.4, 0.5) is 5.69 Å². The summed E-state index contributed by atoms with van der Waals surface area (Å²) in [6.45, 7) is 7.53. The highest BCUT2D eigenvalue weighted by atomic mass is 79.9. The minimum absolute atomic E-state index is 0.0793. The number of rotatable bonds is 6. The molecular weight excluding hydrogens is 322 g/mol. The van der Waals surface area contributed by atoms with E-state index in [2.05, 4.69) is 40.2 Å². The van der Waals surface area contributed by atoms with Crippen LogP contribution in [0.2, 0.25) is 0 Å². The Kier molecular flexibility index (Phi) is 5.21. The molecule has 1 N–H and O–H groups in total. The van der Waals surface area contributed by atoms with Gasteiger partial charge >= 0.3 is 0 Å². The van der Waals surface area contributed by atoms with Gasteiger partial charge in [0.05, 0.1) is 18.0 Å². The van der Waals surface area contributed by atoms with Gasteiger partial charge in [-0.15, -0.1) is 0 Å². The highest BCUT2D eigenvalue weighted by molar-refractivity contribution is 9.10. The summed E-state index contributed by atoms with van der Waals surface area (Å²) in [5.74, 6) is 0.393. The van der Waals surface area contributed by atoms with Gasteiger partial charge in [0, 0.05) is 19.2 Å². The minimum Gasteiger partial charge on any atom is -0.380 e. The fourth-order valence-corrected chi connectivity index (χ4v) is 2.74. The lowest BCUT2D eigenvalue weighted by molar-refractivity contribution is 0.00297. The zero-order chi connectivity index (χ0) is 14.7. The molecule has 0 atom stereocenters. The Morgan fingerprint density at radius 3 is 2.85 bits per heavy atom. The molecule has 6 heteroatoms. The molecule has 2 rings (SSSR count). The predicted octanol–water partition coefficient (Wildman–Crippen LogP) is 2.64. The maximum atomic E-state index is 12.2. The molecular formula is C14H22BrN3O2. The van der Waals surface area contributed by atoms with E-state index in [9.17, 15) is 4.79 Å². The van der Waals surface area contributed by atoms with Crippen LogP contribution < -0.4 is 10.9 Å². The van der Waals surface area contributed by atoms with Crippen LogP contribution in [-0.4, -0.2) is 28.5 Å². The van der Waals surface area contributed by atoms with Crippen LogP contribution >= 0.6 is 15.9 Å². The van der Waals surface area contributed by atoms with E-state index in [1.54, 1.807) is 6.20 Å². The minimum atomic E-state index is -0.0793. The quantitative estimate of drug-likeness (QED) is 0.862. The van der Waals surface area contributed by atoms with Crippen molar-refractivity contribution in [3.63, 3.8) is 0 Å². The Hall–Kier alpha value is -0.880. The van der Waals surface area contributed by atoms with E-state index in [4.69, 9.17) is 4.74 Å².